The van der Waals surface area contributed by atoms with Gasteiger partial charge < -0.3 is 16.3 Å². The maximum absolute atomic E-state index is 9.74. The summed E-state index contributed by atoms with van der Waals surface area (Å²) in [5.41, 5.74) is 13.1. The van der Waals surface area contributed by atoms with Gasteiger partial charge >= 0.3 is 0 Å². The number of hydrogen-bond acceptors (Lipinski definition) is 4. The quantitative estimate of drug-likeness (QED) is 0.444. The molecule has 2 aromatic carbocycles. The summed E-state index contributed by atoms with van der Waals surface area (Å²) in [7, 11) is 0. The molecule has 4 N–H and O–H groups in total. The molecule has 1 fully saturated rings. The first-order valence-corrected chi connectivity index (χ1v) is 9.16. The number of benzene rings is 2. The second kappa shape index (κ2) is 8.19. The van der Waals surface area contributed by atoms with Gasteiger partial charge in [-0.2, -0.15) is 0 Å². The molecule has 1 heterocycles. The largest absolute Gasteiger partial charge is 0.410 e. The number of aryl methyl sites for hydroxylation is 2. The third-order valence-corrected chi connectivity index (χ3v) is 5.02. The van der Waals surface area contributed by atoms with Crippen LogP contribution in [0.2, 0.25) is 0 Å². The van der Waals surface area contributed by atoms with Crippen LogP contribution in [-0.4, -0.2) is 24.0 Å². The summed E-state index contributed by atoms with van der Waals surface area (Å²) in [4.78, 5) is 0. The van der Waals surface area contributed by atoms with E-state index in [-0.39, 0.29) is 0 Å². The van der Waals surface area contributed by atoms with Crippen molar-refractivity contribution < 1.29 is 5.21 Å². The molecule has 4 heteroatoms. The lowest BCUT2D eigenvalue weighted by atomic mass is 9.85. The summed E-state index contributed by atoms with van der Waals surface area (Å²) in [6, 6.07) is 14.7. The molecule has 2 aromatic rings. The lowest BCUT2D eigenvalue weighted by Crippen LogP contribution is -2.31. The third-order valence-electron chi connectivity index (χ3n) is 5.02. The number of nitrogens with zero attached hydrogens (tertiary/aromatic N) is 1. The summed E-state index contributed by atoms with van der Waals surface area (Å²) in [6.45, 7) is 6.13. The first kappa shape index (κ1) is 18.2. The molecule has 0 atom stereocenters. The Kier molecular flexibility index (Phi) is 5.74. The van der Waals surface area contributed by atoms with Gasteiger partial charge in [0, 0.05) is 11.1 Å². The maximum Gasteiger partial charge on any atom is 0.114 e. The fourth-order valence-corrected chi connectivity index (χ4v) is 3.81. The van der Waals surface area contributed by atoms with Gasteiger partial charge in [0.2, 0.25) is 0 Å². The third kappa shape index (κ3) is 3.97. The standard InChI is InChI=1S/C22H27N3O/c1-15-10-16(2)12-20(11-15)18-4-3-5-19(13-18)22(25-26)21(14-23)17-6-8-24-9-7-17/h3-5,10-14,17,24,26H,6-9,23H2,1-2H3/b21-14-,25-22+. The molecule has 0 saturated carbocycles. The minimum atomic E-state index is 0.317. The van der Waals surface area contributed by atoms with Gasteiger partial charge in [0.25, 0.3) is 0 Å². The number of nitrogens with one attached hydrogen (secondary N) is 1. The van der Waals surface area contributed by atoms with Crippen LogP contribution in [0.25, 0.3) is 11.1 Å². The van der Waals surface area contributed by atoms with Crippen LogP contribution in [0.3, 0.4) is 0 Å². The Morgan fingerprint density at radius 1 is 1.08 bits per heavy atom. The highest BCUT2D eigenvalue weighted by Crippen LogP contribution is 2.28. The van der Waals surface area contributed by atoms with Crippen LogP contribution < -0.4 is 11.1 Å². The van der Waals surface area contributed by atoms with E-state index in [1.54, 1.807) is 6.20 Å². The molecule has 26 heavy (non-hydrogen) atoms. The van der Waals surface area contributed by atoms with Crippen molar-refractivity contribution in [2.45, 2.75) is 26.7 Å². The van der Waals surface area contributed by atoms with E-state index in [0.29, 0.717) is 11.6 Å². The van der Waals surface area contributed by atoms with Gasteiger partial charge in [-0.1, -0.05) is 52.7 Å². The molecule has 0 aromatic heterocycles. The monoisotopic (exact) mass is 349 g/mol. The van der Waals surface area contributed by atoms with E-state index in [1.807, 2.05) is 12.1 Å². The van der Waals surface area contributed by atoms with Crippen molar-refractivity contribution in [2.24, 2.45) is 16.8 Å². The van der Waals surface area contributed by atoms with Crippen molar-refractivity contribution in [2.75, 3.05) is 13.1 Å². The highest BCUT2D eigenvalue weighted by molar-refractivity contribution is 6.13. The smallest absolute Gasteiger partial charge is 0.114 e. The highest BCUT2D eigenvalue weighted by atomic mass is 16.4. The molecule has 1 aliphatic heterocycles. The molecule has 136 valence electrons. The minimum Gasteiger partial charge on any atom is -0.410 e. The van der Waals surface area contributed by atoms with Gasteiger partial charge in [-0.15, -0.1) is 0 Å². The summed E-state index contributed by atoms with van der Waals surface area (Å²) < 4.78 is 0. The van der Waals surface area contributed by atoms with Crippen LogP contribution in [0.4, 0.5) is 0 Å². The van der Waals surface area contributed by atoms with Gasteiger partial charge in [-0.3, -0.25) is 0 Å². The summed E-state index contributed by atoms with van der Waals surface area (Å²) in [5, 5.41) is 16.7. The van der Waals surface area contributed by atoms with Crippen molar-refractivity contribution in [3.05, 3.63) is 70.9 Å². The van der Waals surface area contributed by atoms with Crippen molar-refractivity contribution in [1.29, 1.82) is 0 Å². The van der Waals surface area contributed by atoms with E-state index in [9.17, 15) is 5.21 Å². The van der Waals surface area contributed by atoms with Gasteiger partial charge in [0.05, 0.1) is 0 Å². The molecular weight excluding hydrogens is 322 g/mol. The molecule has 0 unspecified atom stereocenters. The molecular formula is C22H27N3O. The SMILES string of the molecule is Cc1cc(C)cc(-c2cccc(C(=N\O)/C(=C\N)C3CCNCC3)c2)c1. The Morgan fingerprint density at radius 2 is 1.77 bits per heavy atom. The second-order valence-electron chi connectivity index (χ2n) is 7.05. The highest BCUT2D eigenvalue weighted by Gasteiger charge is 2.23. The van der Waals surface area contributed by atoms with Crippen molar-refractivity contribution >= 4 is 5.71 Å². The van der Waals surface area contributed by atoms with Gasteiger partial charge in [0.15, 0.2) is 0 Å². The summed E-state index contributed by atoms with van der Waals surface area (Å²) in [5.74, 6) is 0.317. The molecule has 0 bridgehead atoms. The average Bonchev–Trinajstić information content (AvgIpc) is 2.66. The second-order valence-corrected chi connectivity index (χ2v) is 7.05. The lowest BCUT2D eigenvalue weighted by molar-refractivity contribution is 0.318. The first-order valence-electron chi connectivity index (χ1n) is 9.16. The Bertz CT molecular complexity index is 813. The van der Waals surface area contributed by atoms with E-state index in [2.05, 4.69) is 54.7 Å². The number of rotatable bonds is 4. The maximum atomic E-state index is 9.74. The molecule has 0 aliphatic carbocycles. The van der Waals surface area contributed by atoms with Crippen molar-refractivity contribution in [3.63, 3.8) is 0 Å². The topological polar surface area (TPSA) is 70.6 Å². The van der Waals surface area contributed by atoms with Gasteiger partial charge in [0.1, 0.15) is 5.71 Å². The predicted molar refractivity (Wildman–Crippen MR) is 108 cm³/mol. The molecule has 1 saturated heterocycles. The van der Waals surface area contributed by atoms with Gasteiger partial charge in [-0.25, -0.2) is 0 Å². The summed E-state index contributed by atoms with van der Waals surface area (Å²) in [6.07, 6.45) is 3.60. The van der Waals surface area contributed by atoms with Crippen molar-refractivity contribution in [1.82, 2.24) is 5.32 Å². The van der Waals surface area contributed by atoms with Crippen LogP contribution in [0.1, 0.15) is 29.5 Å². The molecule has 3 rings (SSSR count). The van der Waals surface area contributed by atoms with Crippen LogP contribution in [-0.2, 0) is 0 Å². The van der Waals surface area contributed by atoms with Crippen LogP contribution in [0.15, 0.2) is 59.4 Å². The first-order chi connectivity index (χ1) is 12.6. The van der Waals surface area contributed by atoms with E-state index in [1.165, 1.54) is 16.7 Å². The lowest BCUT2D eigenvalue weighted by Gasteiger charge is -2.25. The molecule has 1 aliphatic rings. The summed E-state index contributed by atoms with van der Waals surface area (Å²) >= 11 is 0. The van der Waals surface area contributed by atoms with Crippen LogP contribution in [0, 0.1) is 19.8 Å². The zero-order chi connectivity index (χ0) is 18.5. The number of nitrogens with two attached hydrogens (primary N) is 1. The molecule has 0 radical (unpaired) electrons. The number of allylic oxidation sites excluding steroid dienone is 1. The van der Waals surface area contributed by atoms with Crippen LogP contribution >= 0.6 is 0 Å². The number of oxime groups is 1. The predicted octanol–water partition coefficient (Wildman–Crippen LogP) is 3.99. The fraction of sp³-hybridized carbons (Fsp3) is 0.318. The zero-order valence-electron chi connectivity index (χ0n) is 15.5. The Hall–Kier alpha value is -2.59. The number of piperidine rings is 1. The average molecular weight is 349 g/mol. The normalized spacial score (nSPS) is 16.7. The minimum absolute atomic E-state index is 0.317. The molecule has 0 amide bonds. The van der Waals surface area contributed by atoms with Gasteiger partial charge in [-0.05, 0) is 69.1 Å². The Balaban J connectivity index is 1.97. The molecule has 4 nitrogen and oxygen atoms in total. The fourth-order valence-electron chi connectivity index (χ4n) is 3.81. The number of hydrogen-bond donors (Lipinski definition) is 3. The van der Waals surface area contributed by atoms with E-state index >= 15 is 0 Å². The Morgan fingerprint density at radius 3 is 2.38 bits per heavy atom. The van der Waals surface area contributed by atoms with E-state index in [4.69, 9.17) is 5.73 Å². The zero-order valence-corrected chi connectivity index (χ0v) is 15.5. The van der Waals surface area contributed by atoms with E-state index < -0.39 is 0 Å². The molecule has 0 spiro atoms. The van der Waals surface area contributed by atoms with E-state index in [0.717, 1.165) is 42.6 Å². The van der Waals surface area contributed by atoms with Crippen molar-refractivity contribution in [3.8, 4) is 11.1 Å². The Labute approximate surface area is 155 Å². The van der Waals surface area contributed by atoms with Crippen LogP contribution in [0.5, 0.6) is 0 Å².